The fourth-order valence-electron chi connectivity index (χ4n) is 0.738. The van der Waals surface area contributed by atoms with Crippen LogP contribution in [0.4, 0.5) is 5.69 Å². The van der Waals surface area contributed by atoms with Crippen LogP contribution in [0.2, 0.25) is 0 Å². The highest BCUT2D eigenvalue weighted by atomic mass is 32.1. The van der Waals surface area contributed by atoms with E-state index in [2.05, 4.69) is 27.8 Å². The van der Waals surface area contributed by atoms with E-state index in [1.807, 2.05) is 0 Å². The van der Waals surface area contributed by atoms with Gasteiger partial charge in [-0.25, -0.2) is 0 Å². The third-order valence-corrected chi connectivity index (χ3v) is 1.50. The number of nitrogen functional groups attached to an aromatic ring is 1. The molecule has 0 aliphatic heterocycles. The Morgan fingerprint density at radius 3 is 3.08 bits per heavy atom. The fourth-order valence-corrected chi connectivity index (χ4v) is 0.983. The molecule has 3 N–H and O–H groups in total. The highest BCUT2D eigenvalue weighted by Crippen LogP contribution is 2.11. The number of aromatic amines is 1. The highest BCUT2D eigenvalue weighted by molar-refractivity contribution is 7.85. The molecule has 0 radical (unpaired) electrons. The van der Waals surface area contributed by atoms with E-state index in [1.54, 1.807) is 25.5 Å². The Balaban J connectivity index is 2.87. The van der Waals surface area contributed by atoms with Crippen molar-refractivity contribution in [3.8, 4) is 0 Å². The SMILES string of the molecule is C/N=C/C(S)=C\c1[nH]ncc1N. The molecule has 0 fully saturated rings. The lowest BCUT2D eigenvalue weighted by Gasteiger charge is -1.90. The average molecular weight is 182 g/mol. The summed E-state index contributed by atoms with van der Waals surface area (Å²) in [6.07, 6.45) is 4.94. The molecule has 0 unspecified atom stereocenters. The Labute approximate surface area is 76.0 Å². The Kier molecular flexibility index (Phi) is 2.93. The summed E-state index contributed by atoms with van der Waals surface area (Å²) in [5.74, 6) is 0. The largest absolute Gasteiger partial charge is 0.396 e. The number of anilines is 1. The van der Waals surface area contributed by atoms with Crippen molar-refractivity contribution >= 4 is 30.6 Å². The standard InChI is InChI=1S/C7H10N4S/c1-9-3-5(12)2-7-6(8)4-10-11-7/h2-4,12H,8H2,1H3,(H,10,11)/b5-2+,9-3+. The number of thiol groups is 1. The van der Waals surface area contributed by atoms with E-state index in [9.17, 15) is 0 Å². The number of rotatable bonds is 2. The van der Waals surface area contributed by atoms with Crippen molar-refractivity contribution in [1.82, 2.24) is 10.2 Å². The molecule has 1 aromatic heterocycles. The van der Waals surface area contributed by atoms with E-state index >= 15 is 0 Å². The zero-order valence-corrected chi connectivity index (χ0v) is 7.55. The lowest BCUT2D eigenvalue weighted by Crippen LogP contribution is -1.85. The van der Waals surface area contributed by atoms with Gasteiger partial charge in [0.1, 0.15) is 0 Å². The Hall–Kier alpha value is -1.23. The molecule has 1 heterocycles. The molecular weight excluding hydrogens is 172 g/mol. The van der Waals surface area contributed by atoms with Gasteiger partial charge in [0.2, 0.25) is 0 Å². The molecule has 1 rings (SSSR count). The third-order valence-electron chi connectivity index (χ3n) is 1.25. The number of allylic oxidation sites excluding steroid dienone is 1. The molecule has 0 saturated heterocycles. The summed E-state index contributed by atoms with van der Waals surface area (Å²) in [6, 6.07) is 0. The molecule has 4 nitrogen and oxygen atoms in total. The minimum atomic E-state index is 0.603. The van der Waals surface area contributed by atoms with Crippen LogP contribution in [0.25, 0.3) is 6.08 Å². The summed E-state index contributed by atoms with van der Waals surface area (Å²) in [7, 11) is 1.68. The summed E-state index contributed by atoms with van der Waals surface area (Å²) in [5.41, 5.74) is 6.92. The van der Waals surface area contributed by atoms with Crippen molar-refractivity contribution in [1.29, 1.82) is 0 Å². The van der Waals surface area contributed by atoms with Gasteiger partial charge in [0, 0.05) is 18.2 Å². The average Bonchev–Trinajstić information content (AvgIpc) is 2.37. The quantitative estimate of drug-likeness (QED) is 0.471. The number of nitrogens with zero attached hydrogens (tertiary/aromatic N) is 2. The van der Waals surface area contributed by atoms with Gasteiger partial charge < -0.3 is 5.73 Å². The zero-order chi connectivity index (χ0) is 8.97. The van der Waals surface area contributed by atoms with Crippen LogP contribution in [0.5, 0.6) is 0 Å². The molecule has 5 heteroatoms. The molecule has 0 bridgehead atoms. The first-order valence-electron chi connectivity index (χ1n) is 3.35. The summed E-state index contributed by atoms with van der Waals surface area (Å²) < 4.78 is 0. The predicted octanol–water partition coefficient (Wildman–Crippen LogP) is 0.963. The van der Waals surface area contributed by atoms with E-state index < -0.39 is 0 Å². The van der Waals surface area contributed by atoms with E-state index in [0.717, 1.165) is 10.6 Å². The van der Waals surface area contributed by atoms with Crippen LogP contribution < -0.4 is 5.73 Å². The van der Waals surface area contributed by atoms with Crippen molar-refractivity contribution in [2.75, 3.05) is 12.8 Å². The summed E-state index contributed by atoms with van der Waals surface area (Å²) in [6.45, 7) is 0. The van der Waals surface area contributed by atoms with Gasteiger partial charge in [-0.15, -0.1) is 12.6 Å². The highest BCUT2D eigenvalue weighted by Gasteiger charge is 1.96. The molecule has 12 heavy (non-hydrogen) atoms. The minimum Gasteiger partial charge on any atom is -0.396 e. The van der Waals surface area contributed by atoms with Gasteiger partial charge in [-0.2, -0.15) is 5.10 Å². The number of hydrogen-bond acceptors (Lipinski definition) is 4. The van der Waals surface area contributed by atoms with Crippen LogP contribution in [-0.2, 0) is 0 Å². The van der Waals surface area contributed by atoms with Crippen LogP contribution in [0, 0.1) is 0 Å². The fraction of sp³-hybridized carbons (Fsp3) is 0.143. The number of H-pyrrole nitrogens is 1. The first kappa shape index (κ1) is 8.86. The van der Waals surface area contributed by atoms with Gasteiger partial charge in [-0.05, 0) is 6.08 Å². The second-order valence-corrected chi connectivity index (χ2v) is 2.71. The smallest absolute Gasteiger partial charge is 0.0819 e. The van der Waals surface area contributed by atoms with Gasteiger partial charge in [0.15, 0.2) is 0 Å². The molecule has 64 valence electrons. The van der Waals surface area contributed by atoms with Crippen molar-refractivity contribution < 1.29 is 0 Å². The molecule has 0 saturated carbocycles. The Bertz CT molecular complexity index is 313. The lowest BCUT2D eigenvalue weighted by molar-refractivity contribution is 1.08. The van der Waals surface area contributed by atoms with Crippen LogP contribution in [0.15, 0.2) is 16.1 Å². The van der Waals surface area contributed by atoms with Gasteiger partial charge in [0.25, 0.3) is 0 Å². The van der Waals surface area contributed by atoms with Crippen LogP contribution in [0.3, 0.4) is 0 Å². The molecule has 0 spiro atoms. The number of nitrogens with two attached hydrogens (primary N) is 1. The molecule has 0 aliphatic rings. The van der Waals surface area contributed by atoms with E-state index in [0.29, 0.717) is 5.69 Å². The maximum absolute atomic E-state index is 5.57. The molecule has 0 aromatic carbocycles. The van der Waals surface area contributed by atoms with Crippen LogP contribution in [-0.4, -0.2) is 23.5 Å². The van der Waals surface area contributed by atoms with Gasteiger partial charge >= 0.3 is 0 Å². The van der Waals surface area contributed by atoms with Crippen LogP contribution in [0.1, 0.15) is 5.69 Å². The Morgan fingerprint density at radius 1 is 1.83 bits per heavy atom. The monoisotopic (exact) mass is 182 g/mol. The molecule has 0 atom stereocenters. The summed E-state index contributed by atoms with van der Waals surface area (Å²) >= 11 is 4.15. The topological polar surface area (TPSA) is 67.1 Å². The third kappa shape index (κ3) is 2.13. The van der Waals surface area contributed by atoms with Gasteiger partial charge in [-0.3, -0.25) is 10.1 Å². The number of aliphatic imine (C=N–C) groups is 1. The molecule has 0 amide bonds. The summed E-state index contributed by atoms with van der Waals surface area (Å²) in [5, 5.41) is 6.49. The van der Waals surface area contributed by atoms with Crippen molar-refractivity contribution in [2.24, 2.45) is 4.99 Å². The second-order valence-electron chi connectivity index (χ2n) is 2.20. The number of aromatic nitrogens is 2. The zero-order valence-electron chi connectivity index (χ0n) is 6.65. The second kappa shape index (κ2) is 3.96. The van der Waals surface area contributed by atoms with E-state index in [4.69, 9.17) is 5.73 Å². The van der Waals surface area contributed by atoms with E-state index in [-0.39, 0.29) is 0 Å². The minimum absolute atomic E-state index is 0.603. The molecular formula is C7H10N4S. The summed E-state index contributed by atoms with van der Waals surface area (Å²) in [4.78, 5) is 4.53. The van der Waals surface area contributed by atoms with Crippen molar-refractivity contribution in [3.63, 3.8) is 0 Å². The van der Waals surface area contributed by atoms with Gasteiger partial charge in [-0.1, -0.05) is 0 Å². The maximum atomic E-state index is 5.57. The maximum Gasteiger partial charge on any atom is 0.0819 e. The number of hydrogen-bond donors (Lipinski definition) is 3. The first-order valence-corrected chi connectivity index (χ1v) is 3.80. The Morgan fingerprint density at radius 2 is 2.58 bits per heavy atom. The van der Waals surface area contributed by atoms with Crippen LogP contribution >= 0.6 is 12.6 Å². The van der Waals surface area contributed by atoms with Crippen molar-refractivity contribution in [2.45, 2.75) is 0 Å². The predicted molar refractivity (Wildman–Crippen MR) is 54.4 cm³/mol. The van der Waals surface area contributed by atoms with Gasteiger partial charge in [0.05, 0.1) is 17.6 Å². The lowest BCUT2D eigenvalue weighted by atomic mass is 10.3. The van der Waals surface area contributed by atoms with Crippen molar-refractivity contribution in [3.05, 3.63) is 16.8 Å². The number of nitrogens with one attached hydrogen (secondary N) is 1. The van der Waals surface area contributed by atoms with E-state index in [1.165, 1.54) is 0 Å². The molecule has 1 aromatic rings. The first-order chi connectivity index (χ1) is 5.74. The molecule has 0 aliphatic carbocycles. The normalized spacial score (nSPS) is 12.7.